The summed E-state index contributed by atoms with van der Waals surface area (Å²) >= 11 is 13.3. The lowest BCUT2D eigenvalue weighted by Crippen LogP contribution is -1.95. The average molecular weight is 290 g/mol. The van der Waals surface area contributed by atoms with Gasteiger partial charge in [0.25, 0.3) is 0 Å². The Bertz CT molecular complexity index is 518. The third-order valence-electron chi connectivity index (χ3n) is 1.95. The van der Waals surface area contributed by atoms with Crippen LogP contribution in [0.25, 0.3) is 0 Å². The molecule has 0 aliphatic rings. The van der Waals surface area contributed by atoms with Crippen molar-refractivity contribution in [3.63, 3.8) is 0 Å². The van der Waals surface area contributed by atoms with E-state index in [1.54, 1.807) is 25.2 Å². The standard InChI is InChI=1S/C10H9Cl2N3OS/c1-13-10-15-14-8(17-10)5-16-7-4-2-3-6(11)9(7)12/h2-4H,5H2,1H3,(H,13,15). The molecule has 0 atom stereocenters. The van der Waals surface area contributed by atoms with Crippen LogP contribution in [0.2, 0.25) is 10.0 Å². The van der Waals surface area contributed by atoms with Crippen molar-refractivity contribution in [3.05, 3.63) is 33.3 Å². The summed E-state index contributed by atoms with van der Waals surface area (Å²) in [5, 5.41) is 13.2. The molecule has 90 valence electrons. The van der Waals surface area contributed by atoms with E-state index in [1.165, 1.54) is 11.3 Å². The Balaban J connectivity index is 2.04. The van der Waals surface area contributed by atoms with Gasteiger partial charge in [-0.3, -0.25) is 0 Å². The maximum atomic E-state index is 5.99. The lowest BCUT2D eigenvalue weighted by Gasteiger charge is -2.06. The second-order valence-electron chi connectivity index (χ2n) is 3.09. The van der Waals surface area contributed by atoms with Crippen LogP contribution in [-0.2, 0) is 6.61 Å². The van der Waals surface area contributed by atoms with Gasteiger partial charge in [-0.25, -0.2) is 0 Å². The molecule has 0 spiro atoms. The zero-order chi connectivity index (χ0) is 12.3. The number of rotatable bonds is 4. The smallest absolute Gasteiger partial charge is 0.205 e. The van der Waals surface area contributed by atoms with Gasteiger partial charge < -0.3 is 10.1 Å². The highest BCUT2D eigenvalue weighted by Crippen LogP contribution is 2.32. The van der Waals surface area contributed by atoms with Crippen LogP contribution in [0.15, 0.2) is 18.2 Å². The molecule has 2 rings (SSSR count). The SMILES string of the molecule is CNc1nnc(COc2cccc(Cl)c2Cl)s1. The molecule has 0 amide bonds. The van der Waals surface area contributed by atoms with Crippen molar-refractivity contribution >= 4 is 39.7 Å². The molecular formula is C10H9Cl2N3OS. The van der Waals surface area contributed by atoms with Gasteiger partial charge in [0.1, 0.15) is 17.4 Å². The molecule has 0 radical (unpaired) electrons. The fraction of sp³-hybridized carbons (Fsp3) is 0.200. The van der Waals surface area contributed by atoms with Gasteiger partial charge in [0.15, 0.2) is 5.01 Å². The minimum absolute atomic E-state index is 0.319. The van der Waals surface area contributed by atoms with Crippen molar-refractivity contribution < 1.29 is 4.74 Å². The highest BCUT2D eigenvalue weighted by molar-refractivity contribution is 7.15. The van der Waals surface area contributed by atoms with E-state index in [1.807, 2.05) is 0 Å². The largest absolute Gasteiger partial charge is 0.485 e. The van der Waals surface area contributed by atoms with Gasteiger partial charge in [-0.15, -0.1) is 10.2 Å². The fourth-order valence-electron chi connectivity index (χ4n) is 1.15. The van der Waals surface area contributed by atoms with Crippen molar-refractivity contribution in [2.75, 3.05) is 12.4 Å². The molecule has 1 heterocycles. The Hall–Kier alpha value is -1.04. The van der Waals surface area contributed by atoms with E-state index in [-0.39, 0.29) is 0 Å². The highest BCUT2D eigenvalue weighted by atomic mass is 35.5. The van der Waals surface area contributed by atoms with Crippen LogP contribution in [0, 0.1) is 0 Å². The summed E-state index contributed by atoms with van der Waals surface area (Å²) in [5.74, 6) is 0.542. The first-order valence-electron chi connectivity index (χ1n) is 4.77. The van der Waals surface area contributed by atoms with Crippen LogP contribution in [0.3, 0.4) is 0 Å². The quantitative estimate of drug-likeness (QED) is 0.936. The van der Waals surface area contributed by atoms with Gasteiger partial charge >= 0.3 is 0 Å². The number of hydrogen-bond donors (Lipinski definition) is 1. The van der Waals surface area contributed by atoms with Crippen molar-refractivity contribution in [2.45, 2.75) is 6.61 Å². The van der Waals surface area contributed by atoms with E-state index in [2.05, 4.69) is 15.5 Å². The van der Waals surface area contributed by atoms with Gasteiger partial charge in [0.2, 0.25) is 5.13 Å². The summed E-state index contributed by atoms with van der Waals surface area (Å²) in [6, 6.07) is 5.25. The molecule has 0 aliphatic carbocycles. The molecule has 0 saturated heterocycles. The summed E-state index contributed by atoms with van der Waals surface area (Å²) < 4.78 is 5.53. The fourth-order valence-corrected chi connectivity index (χ4v) is 2.10. The minimum Gasteiger partial charge on any atom is -0.485 e. The number of ether oxygens (including phenoxy) is 1. The molecule has 0 bridgehead atoms. The highest BCUT2D eigenvalue weighted by Gasteiger charge is 2.07. The number of aromatic nitrogens is 2. The Morgan fingerprint density at radius 2 is 2.18 bits per heavy atom. The molecule has 2 aromatic rings. The van der Waals surface area contributed by atoms with Crippen molar-refractivity contribution in [1.82, 2.24) is 10.2 Å². The molecule has 1 N–H and O–H groups in total. The molecule has 0 unspecified atom stereocenters. The summed E-state index contributed by atoms with van der Waals surface area (Å²) in [6.07, 6.45) is 0. The lowest BCUT2D eigenvalue weighted by atomic mass is 10.3. The van der Waals surface area contributed by atoms with Crippen LogP contribution in [0.4, 0.5) is 5.13 Å². The van der Waals surface area contributed by atoms with E-state index in [4.69, 9.17) is 27.9 Å². The number of benzene rings is 1. The Morgan fingerprint density at radius 3 is 2.88 bits per heavy atom. The number of hydrogen-bond acceptors (Lipinski definition) is 5. The number of anilines is 1. The monoisotopic (exact) mass is 289 g/mol. The van der Waals surface area contributed by atoms with E-state index >= 15 is 0 Å². The minimum atomic E-state index is 0.319. The van der Waals surface area contributed by atoms with Crippen molar-refractivity contribution in [2.24, 2.45) is 0 Å². The van der Waals surface area contributed by atoms with E-state index in [9.17, 15) is 0 Å². The zero-order valence-corrected chi connectivity index (χ0v) is 11.2. The molecule has 4 nitrogen and oxygen atoms in total. The number of nitrogens with one attached hydrogen (secondary N) is 1. The van der Waals surface area contributed by atoms with Gasteiger partial charge in [-0.2, -0.15) is 0 Å². The summed E-state index contributed by atoms with van der Waals surface area (Å²) in [6.45, 7) is 0.319. The predicted molar refractivity (Wildman–Crippen MR) is 70.2 cm³/mol. The van der Waals surface area contributed by atoms with Crippen LogP contribution >= 0.6 is 34.5 Å². The van der Waals surface area contributed by atoms with Gasteiger partial charge in [0.05, 0.1) is 5.02 Å². The molecule has 0 saturated carbocycles. The summed E-state index contributed by atoms with van der Waals surface area (Å²) in [5.41, 5.74) is 0. The molecule has 0 aliphatic heterocycles. The average Bonchev–Trinajstić information content (AvgIpc) is 2.79. The van der Waals surface area contributed by atoms with Crippen molar-refractivity contribution in [1.29, 1.82) is 0 Å². The van der Waals surface area contributed by atoms with Crippen LogP contribution in [0.1, 0.15) is 5.01 Å². The number of nitrogens with zero attached hydrogens (tertiary/aromatic N) is 2. The molecule has 17 heavy (non-hydrogen) atoms. The van der Waals surface area contributed by atoms with Crippen LogP contribution < -0.4 is 10.1 Å². The lowest BCUT2D eigenvalue weighted by molar-refractivity contribution is 0.305. The Labute approximate surface area is 113 Å². The second kappa shape index (κ2) is 5.53. The first-order chi connectivity index (χ1) is 8.20. The Morgan fingerprint density at radius 1 is 1.35 bits per heavy atom. The molecule has 0 fully saturated rings. The third kappa shape index (κ3) is 3.00. The van der Waals surface area contributed by atoms with Gasteiger partial charge in [0, 0.05) is 7.05 Å². The van der Waals surface area contributed by atoms with E-state index < -0.39 is 0 Å². The van der Waals surface area contributed by atoms with Crippen LogP contribution in [-0.4, -0.2) is 17.2 Å². The van der Waals surface area contributed by atoms with Gasteiger partial charge in [-0.1, -0.05) is 40.6 Å². The maximum absolute atomic E-state index is 5.99. The van der Waals surface area contributed by atoms with Crippen LogP contribution in [0.5, 0.6) is 5.75 Å². The Kier molecular flexibility index (Phi) is 4.04. The molecule has 7 heteroatoms. The first kappa shape index (κ1) is 12.4. The number of halogens is 2. The molecule has 1 aromatic carbocycles. The van der Waals surface area contributed by atoms with E-state index in [0.717, 1.165) is 10.1 Å². The predicted octanol–water partition coefficient (Wildman–Crippen LogP) is 3.47. The third-order valence-corrected chi connectivity index (χ3v) is 3.66. The summed E-state index contributed by atoms with van der Waals surface area (Å²) in [7, 11) is 1.79. The normalized spacial score (nSPS) is 10.3. The first-order valence-corrected chi connectivity index (χ1v) is 6.35. The second-order valence-corrected chi connectivity index (χ2v) is 4.94. The van der Waals surface area contributed by atoms with E-state index in [0.29, 0.717) is 22.4 Å². The zero-order valence-electron chi connectivity index (χ0n) is 8.91. The van der Waals surface area contributed by atoms with Crippen molar-refractivity contribution in [3.8, 4) is 5.75 Å². The molecular weight excluding hydrogens is 281 g/mol. The van der Waals surface area contributed by atoms with Gasteiger partial charge in [-0.05, 0) is 12.1 Å². The summed E-state index contributed by atoms with van der Waals surface area (Å²) in [4.78, 5) is 0. The maximum Gasteiger partial charge on any atom is 0.205 e. The topological polar surface area (TPSA) is 47.0 Å². The molecule has 1 aromatic heterocycles.